The van der Waals surface area contributed by atoms with E-state index in [2.05, 4.69) is 24.1 Å². The number of rotatable bonds is 4. The summed E-state index contributed by atoms with van der Waals surface area (Å²) >= 11 is 6.28. The van der Waals surface area contributed by atoms with Crippen molar-refractivity contribution < 1.29 is 13.2 Å². The second kappa shape index (κ2) is 7.87. The van der Waals surface area contributed by atoms with Crippen molar-refractivity contribution in [1.29, 1.82) is 0 Å². The summed E-state index contributed by atoms with van der Waals surface area (Å²) < 4.78 is 39.1. The van der Waals surface area contributed by atoms with Gasteiger partial charge in [-0.2, -0.15) is 18.3 Å². The van der Waals surface area contributed by atoms with Gasteiger partial charge in [0.05, 0.1) is 28.2 Å². The lowest BCUT2D eigenvalue weighted by Gasteiger charge is -2.36. The first-order chi connectivity index (χ1) is 14.2. The minimum absolute atomic E-state index is 0.00212. The third kappa shape index (κ3) is 3.59. The van der Waals surface area contributed by atoms with E-state index in [1.165, 1.54) is 5.57 Å². The molecule has 1 N–H and O–H groups in total. The molecule has 0 amide bonds. The zero-order chi connectivity index (χ0) is 21.6. The zero-order valence-corrected chi connectivity index (χ0v) is 18.0. The van der Waals surface area contributed by atoms with E-state index in [9.17, 15) is 13.2 Å². The Morgan fingerprint density at radius 1 is 1.30 bits per heavy atom. The van der Waals surface area contributed by atoms with Gasteiger partial charge in [-0.25, -0.2) is 5.01 Å². The molecule has 162 valence electrons. The van der Waals surface area contributed by atoms with Crippen molar-refractivity contribution in [3.05, 3.63) is 39.8 Å². The molecule has 0 spiro atoms. The number of amidine groups is 1. The summed E-state index contributed by atoms with van der Waals surface area (Å²) in [7, 11) is 0. The summed E-state index contributed by atoms with van der Waals surface area (Å²) in [6.07, 6.45) is 0.871. The van der Waals surface area contributed by atoms with Crippen LogP contribution >= 0.6 is 11.6 Å². The van der Waals surface area contributed by atoms with Crippen LogP contribution in [0.15, 0.2) is 33.6 Å². The standard InChI is InChI=1S/C21H25ClF3N5/c1-4-13(5-2)27-19-14-7-6-8-16(14)28-20-17(11(3)29-30(19)20)18-15(22)9-12(10-26-18)21(23,24)25/h9-10,13,17,20,28H,4-8H2,1-3H3. The molecular weight excluding hydrogens is 415 g/mol. The summed E-state index contributed by atoms with van der Waals surface area (Å²) in [4.78, 5) is 9.14. The molecule has 0 aromatic carbocycles. The molecule has 1 aliphatic carbocycles. The maximum absolute atomic E-state index is 13.0. The van der Waals surface area contributed by atoms with Gasteiger partial charge in [-0.3, -0.25) is 9.98 Å². The Morgan fingerprint density at radius 3 is 2.67 bits per heavy atom. The lowest BCUT2D eigenvalue weighted by Crippen LogP contribution is -2.51. The highest BCUT2D eigenvalue weighted by Crippen LogP contribution is 2.41. The normalized spacial score (nSPS) is 25.0. The van der Waals surface area contributed by atoms with Crippen molar-refractivity contribution in [2.45, 2.75) is 77.2 Å². The number of nitrogens with one attached hydrogen (secondary N) is 1. The number of hydrazone groups is 1. The van der Waals surface area contributed by atoms with Crippen LogP contribution in [0.3, 0.4) is 0 Å². The molecule has 5 nitrogen and oxygen atoms in total. The average molecular weight is 440 g/mol. The van der Waals surface area contributed by atoms with Crippen molar-refractivity contribution in [2.75, 3.05) is 0 Å². The average Bonchev–Trinajstić information content (AvgIpc) is 3.28. The molecule has 3 aliphatic rings. The Hall–Kier alpha value is -2.09. The van der Waals surface area contributed by atoms with Crippen molar-refractivity contribution in [1.82, 2.24) is 15.3 Å². The van der Waals surface area contributed by atoms with Crippen LogP contribution in [0.2, 0.25) is 5.02 Å². The van der Waals surface area contributed by atoms with E-state index in [4.69, 9.17) is 21.7 Å². The molecule has 0 fully saturated rings. The monoisotopic (exact) mass is 439 g/mol. The van der Waals surface area contributed by atoms with E-state index in [0.29, 0.717) is 5.69 Å². The van der Waals surface area contributed by atoms with Crippen LogP contribution in [0, 0.1) is 0 Å². The Kier molecular flexibility index (Phi) is 5.55. The number of hydrogen-bond donors (Lipinski definition) is 1. The third-order valence-electron chi connectivity index (χ3n) is 6.06. The maximum Gasteiger partial charge on any atom is 0.417 e. The Bertz CT molecular complexity index is 933. The molecule has 3 heterocycles. The van der Waals surface area contributed by atoms with Gasteiger partial charge in [0, 0.05) is 23.2 Å². The second-order valence-corrected chi connectivity index (χ2v) is 8.38. The van der Waals surface area contributed by atoms with Crippen molar-refractivity contribution in [3.63, 3.8) is 0 Å². The minimum Gasteiger partial charge on any atom is -0.366 e. The first-order valence-corrected chi connectivity index (χ1v) is 10.8. The molecule has 1 aromatic heterocycles. The predicted molar refractivity (Wildman–Crippen MR) is 112 cm³/mol. The highest BCUT2D eigenvalue weighted by molar-refractivity contribution is 6.31. The number of allylic oxidation sites excluding steroid dienone is 1. The minimum atomic E-state index is -4.48. The van der Waals surface area contributed by atoms with Gasteiger partial charge in [-0.1, -0.05) is 25.4 Å². The fourth-order valence-corrected chi connectivity index (χ4v) is 4.70. The molecule has 2 unspecified atom stereocenters. The number of halogens is 4. The number of hydrogen-bond acceptors (Lipinski definition) is 4. The fourth-order valence-electron chi connectivity index (χ4n) is 4.42. The molecule has 0 saturated heterocycles. The number of fused-ring (bicyclic) bond motifs is 1. The van der Waals surface area contributed by atoms with Crippen molar-refractivity contribution in [3.8, 4) is 0 Å². The lowest BCUT2D eigenvalue weighted by molar-refractivity contribution is -0.137. The predicted octanol–water partition coefficient (Wildman–Crippen LogP) is 5.48. The van der Waals surface area contributed by atoms with Crippen LogP contribution in [0.1, 0.15) is 70.1 Å². The van der Waals surface area contributed by atoms with Gasteiger partial charge < -0.3 is 5.32 Å². The number of aromatic nitrogens is 1. The first-order valence-electron chi connectivity index (χ1n) is 10.4. The molecule has 1 aromatic rings. The van der Waals surface area contributed by atoms with E-state index in [1.807, 2.05) is 11.9 Å². The number of pyridine rings is 1. The molecular formula is C21H25ClF3N5. The lowest BCUT2D eigenvalue weighted by atomic mass is 9.94. The highest BCUT2D eigenvalue weighted by atomic mass is 35.5. The van der Waals surface area contributed by atoms with Crippen LogP contribution in [-0.4, -0.2) is 33.7 Å². The van der Waals surface area contributed by atoms with E-state index in [1.54, 1.807) is 0 Å². The van der Waals surface area contributed by atoms with E-state index in [0.717, 1.165) is 61.6 Å². The Labute approximate surface area is 179 Å². The summed E-state index contributed by atoms with van der Waals surface area (Å²) in [6, 6.07) is 1.15. The summed E-state index contributed by atoms with van der Waals surface area (Å²) in [5, 5.41) is 10.2. The SMILES string of the molecule is CCC(CC)N=C1C2=C(CCC2)NC2C(c3ncc(C(F)(F)F)cc3Cl)C(C)=NN12. The summed E-state index contributed by atoms with van der Waals surface area (Å²) in [6.45, 7) is 6.10. The number of aliphatic imine (C=N–C) groups is 1. The van der Waals surface area contributed by atoms with Crippen LogP contribution in [-0.2, 0) is 6.18 Å². The number of nitrogens with zero attached hydrogens (tertiary/aromatic N) is 4. The highest BCUT2D eigenvalue weighted by Gasteiger charge is 2.46. The second-order valence-electron chi connectivity index (χ2n) is 7.98. The summed E-state index contributed by atoms with van der Waals surface area (Å²) in [5.41, 5.74) is 2.64. The van der Waals surface area contributed by atoms with Crippen LogP contribution in [0.4, 0.5) is 13.2 Å². The largest absolute Gasteiger partial charge is 0.417 e. The number of alkyl halides is 3. The first kappa shape index (κ1) is 21.2. The molecule has 2 atom stereocenters. The Morgan fingerprint density at radius 2 is 2.03 bits per heavy atom. The van der Waals surface area contributed by atoms with Gasteiger partial charge >= 0.3 is 6.18 Å². The molecule has 9 heteroatoms. The summed E-state index contributed by atoms with van der Waals surface area (Å²) in [5.74, 6) is 0.520. The smallest absolute Gasteiger partial charge is 0.366 e. The fraction of sp³-hybridized carbons (Fsp3) is 0.571. The van der Waals surface area contributed by atoms with Gasteiger partial charge in [0.15, 0.2) is 5.84 Å². The Balaban J connectivity index is 1.74. The van der Waals surface area contributed by atoms with Gasteiger partial charge in [-0.05, 0) is 45.1 Å². The van der Waals surface area contributed by atoms with Gasteiger partial charge in [0.25, 0.3) is 0 Å². The van der Waals surface area contributed by atoms with E-state index < -0.39 is 11.7 Å². The van der Waals surface area contributed by atoms with Gasteiger partial charge in [0.2, 0.25) is 0 Å². The molecule has 30 heavy (non-hydrogen) atoms. The molecule has 0 saturated carbocycles. The molecule has 4 rings (SSSR count). The molecule has 2 aliphatic heterocycles. The third-order valence-corrected chi connectivity index (χ3v) is 6.36. The van der Waals surface area contributed by atoms with E-state index in [-0.39, 0.29) is 23.1 Å². The van der Waals surface area contributed by atoms with Crippen LogP contribution in [0.25, 0.3) is 0 Å². The van der Waals surface area contributed by atoms with Crippen molar-refractivity contribution in [2.24, 2.45) is 10.1 Å². The van der Waals surface area contributed by atoms with Crippen LogP contribution in [0.5, 0.6) is 0 Å². The topological polar surface area (TPSA) is 52.9 Å². The van der Waals surface area contributed by atoms with Crippen molar-refractivity contribution >= 4 is 23.1 Å². The zero-order valence-electron chi connectivity index (χ0n) is 17.2. The van der Waals surface area contributed by atoms with Gasteiger partial charge in [-0.15, -0.1) is 0 Å². The molecule has 0 bridgehead atoms. The van der Waals surface area contributed by atoms with Crippen LogP contribution < -0.4 is 5.32 Å². The van der Waals surface area contributed by atoms with Gasteiger partial charge in [0.1, 0.15) is 6.17 Å². The quantitative estimate of drug-likeness (QED) is 0.675. The molecule has 0 radical (unpaired) electrons. The maximum atomic E-state index is 13.0. The van der Waals surface area contributed by atoms with E-state index >= 15 is 0 Å².